The van der Waals surface area contributed by atoms with Gasteiger partial charge in [0.1, 0.15) is 0 Å². The van der Waals surface area contributed by atoms with Crippen molar-refractivity contribution in [1.82, 2.24) is 10.0 Å². The van der Waals surface area contributed by atoms with E-state index in [4.69, 9.17) is 11.7 Å². The van der Waals surface area contributed by atoms with Gasteiger partial charge in [-0.15, -0.1) is 0 Å². The van der Waals surface area contributed by atoms with Gasteiger partial charge in [0.15, 0.2) is 0 Å². The average Bonchev–Trinajstić information content (AvgIpc) is 2.00. The Labute approximate surface area is 60.5 Å². The van der Waals surface area contributed by atoms with Gasteiger partial charge < -0.3 is 0 Å². The van der Waals surface area contributed by atoms with E-state index in [0.717, 1.165) is 10.0 Å². The minimum absolute atomic E-state index is 0.356. The Morgan fingerprint density at radius 2 is 1.50 bits per heavy atom. The zero-order valence-electron chi connectivity index (χ0n) is 6.37. The smallest absolute Gasteiger partial charge is 0.262 e. The molecule has 0 saturated heterocycles. The number of amides is 2. The van der Waals surface area contributed by atoms with Crippen molar-refractivity contribution in [3.8, 4) is 0 Å². The highest BCUT2D eigenvalue weighted by Crippen LogP contribution is 1.85. The molecule has 0 aliphatic rings. The van der Waals surface area contributed by atoms with Crippen LogP contribution in [0.15, 0.2) is 0 Å². The lowest BCUT2D eigenvalue weighted by molar-refractivity contribution is 0.159. The van der Waals surface area contributed by atoms with Crippen LogP contribution in [0.2, 0.25) is 0 Å². The van der Waals surface area contributed by atoms with Gasteiger partial charge in [0, 0.05) is 13.1 Å². The topological polar surface area (TPSA) is 75.6 Å². The van der Waals surface area contributed by atoms with Gasteiger partial charge in [-0.3, -0.25) is 10.0 Å². The summed E-state index contributed by atoms with van der Waals surface area (Å²) in [4.78, 5) is 10.9. The molecule has 0 unspecified atom stereocenters. The summed E-state index contributed by atoms with van der Waals surface area (Å²) in [7, 11) is 0. The van der Waals surface area contributed by atoms with Gasteiger partial charge >= 0.3 is 6.03 Å². The lowest BCUT2D eigenvalue weighted by atomic mass is 10.6. The SMILES string of the molecule is CCN(N)C(=O)N(N)CC. The Bertz CT molecular complexity index is 104. The van der Waals surface area contributed by atoms with Crippen LogP contribution >= 0.6 is 0 Å². The first-order valence-corrected chi connectivity index (χ1v) is 3.21. The molecule has 0 heterocycles. The summed E-state index contributed by atoms with van der Waals surface area (Å²) in [6.07, 6.45) is 0. The molecule has 2 amide bonds. The van der Waals surface area contributed by atoms with Crippen molar-refractivity contribution < 1.29 is 4.79 Å². The van der Waals surface area contributed by atoms with Crippen LogP contribution in [-0.4, -0.2) is 29.1 Å². The van der Waals surface area contributed by atoms with Crippen LogP contribution in [0.3, 0.4) is 0 Å². The maximum absolute atomic E-state index is 10.9. The van der Waals surface area contributed by atoms with Gasteiger partial charge in [-0.1, -0.05) is 0 Å². The van der Waals surface area contributed by atoms with Crippen molar-refractivity contribution in [3.05, 3.63) is 0 Å². The number of urea groups is 1. The van der Waals surface area contributed by atoms with Crippen LogP contribution in [0, 0.1) is 0 Å². The summed E-state index contributed by atoms with van der Waals surface area (Å²) in [5.74, 6) is 10.5. The highest BCUT2D eigenvalue weighted by Gasteiger charge is 2.10. The monoisotopic (exact) mass is 146 g/mol. The van der Waals surface area contributed by atoms with E-state index in [1.165, 1.54) is 0 Å². The second-order valence-corrected chi connectivity index (χ2v) is 1.85. The third-order valence-corrected chi connectivity index (χ3v) is 1.17. The van der Waals surface area contributed by atoms with Gasteiger partial charge in [-0.2, -0.15) is 0 Å². The number of hydrazine groups is 2. The summed E-state index contributed by atoms with van der Waals surface area (Å²) < 4.78 is 0. The quantitative estimate of drug-likeness (QED) is 0.313. The molecule has 0 bridgehead atoms. The van der Waals surface area contributed by atoms with Crippen molar-refractivity contribution >= 4 is 6.03 Å². The first-order chi connectivity index (χ1) is 4.63. The summed E-state index contributed by atoms with van der Waals surface area (Å²) in [6.45, 7) is 4.49. The second-order valence-electron chi connectivity index (χ2n) is 1.85. The second kappa shape index (κ2) is 4.08. The highest BCUT2D eigenvalue weighted by molar-refractivity contribution is 5.72. The van der Waals surface area contributed by atoms with Gasteiger partial charge in [-0.05, 0) is 13.8 Å². The van der Waals surface area contributed by atoms with E-state index in [1.54, 1.807) is 13.8 Å². The molecule has 0 aliphatic carbocycles. The predicted octanol–water partition coefficient (Wildman–Crippen LogP) is -0.502. The van der Waals surface area contributed by atoms with Gasteiger partial charge in [0.2, 0.25) is 0 Å². The lowest BCUT2D eigenvalue weighted by Gasteiger charge is -2.20. The van der Waals surface area contributed by atoms with Gasteiger partial charge in [-0.25, -0.2) is 16.5 Å². The van der Waals surface area contributed by atoms with Crippen molar-refractivity contribution in [3.63, 3.8) is 0 Å². The van der Waals surface area contributed by atoms with Crippen molar-refractivity contribution in [2.24, 2.45) is 11.7 Å². The zero-order chi connectivity index (χ0) is 8.15. The summed E-state index contributed by atoms with van der Waals surface area (Å²) in [6, 6.07) is -0.356. The van der Waals surface area contributed by atoms with E-state index in [9.17, 15) is 4.79 Å². The molecule has 0 atom stereocenters. The molecular weight excluding hydrogens is 132 g/mol. The Morgan fingerprint density at radius 3 is 1.70 bits per heavy atom. The Balaban J connectivity index is 3.82. The minimum atomic E-state index is -0.356. The number of carbonyl (C=O) groups excluding carboxylic acids is 1. The molecule has 0 fully saturated rings. The molecule has 0 saturated carbocycles. The molecule has 0 aromatic rings. The number of rotatable bonds is 2. The van der Waals surface area contributed by atoms with E-state index in [2.05, 4.69) is 0 Å². The Morgan fingerprint density at radius 1 is 1.20 bits per heavy atom. The molecule has 0 radical (unpaired) electrons. The third kappa shape index (κ3) is 2.20. The maximum atomic E-state index is 10.9. The Hall–Kier alpha value is -0.810. The normalized spacial score (nSPS) is 9.20. The predicted molar refractivity (Wildman–Crippen MR) is 38.5 cm³/mol. The molecule has 0 rings (SSSR count). The van der Waals surface area contributed by atoms with Crippen LogP contribution in [0.25, 0.3) is 0 Å². The minimum Gasteiger partial charge on any atom is -0.262 e. The fourth-order valence-corrected chi connectivity index (χ4v) is 0.436. The first-order valence-electron chi connectivity index (χ1n) is 3.21. The highest BCUT2D eigenvalue weighted by atomic mass is 16.2. The van der Waals surface area contributed by atoms with Crippen LogP contribution in [0.1, 0.15) is 13.8 Å². The number of nitrogens with two attached hydrogens (primary N) is 2. The number of carbonyl (C=O) groups is 1. The van der Waals surface area contributed by atoms with Crippen molar-refractivity contribution in [2.45, 2.75) is 13.8 Å². The van der Waals surface area contributed by atoms with Crippen LogP contribution in [0.4, 0.5) is 4.79 Å². The lowest BCUT2D eigenvalue weighted by Crippen LogP contribution is -2.49. The van der Waals surface area contributed by atoms with Crippen molar-refractivity contribution in [2.75, 3.05) is 13.1 Å². The zero-order valence-corrected chi connectivity index (χ0v) is 6.37. The van der Waals surface area contributed by atoms with E-state index < -0.39 is 0 Å². The number of hydrogen-bond donors (Lipinski definition) is 2. The van der Waals surface area contributed by atoms with Crippen LogP contribution in [0.5, 0.6) is 0 Å². The number of nitrogens with zero attached hydrogens (tertiary/aromatic N) is 2. The van der Waals surface area contributed by atoms with Crippen molar-refractivity contribution in [1.29, 1.82) is 0 Å². The maximum Gasteiger partial charge on any atom is 0.348 e. The Kier molecular flexibility index (Phi) is 3.75. The fourth-order valence-electron chi connectivity index (χ4n) is 0.436. The molecule has 0 aromatic heterocycles. The summed E-state index contributed by atoms with van der Waals surface area (Å²) >= 11 is 0. The number of hydrogen-bond acceptors (Lipinski definition) is 3. The molecule has 0 aromatic carbocycles. The average molecular weight is 146 g/mol. The summed E-state index contributed by atoms with van der Waals surface area (Å²) in [5, 5.41) is 2.12. The summed E-state index contributed by atoms with van der Waals surface area (Å²) in [5.41, 5.74) is 0. The molecule has 0 spiro atoms. The fraction of sp³-hybridized carbons (Fsp3) is 0.800. The van der Waals surface area contributed by atoms with E-state index in [0.29, 0.717) is 13.1 Å². The molecule has 4 N–H and O–H groups in total. The van der Waals surface area contributed by atoms with Crippen LogP contribution in [-0.2, 0) is 0 Å². The molecule has 10 heavy (non-hydrogen) atoms. The molecular formula is C5H14N4O. The van der Waals surface area contributed by atoms with E-state index in [1.807, 2.05) is 0 Å². The van der Waals surface area contributed by atoms with E-state index >= 15 is 0 Å². The third-order valence-electron chi connectivity index (χ3n) is 1.17. The largest absolute Gasteiger partial charge is 0.348 e. The first kappa shape index (κ1) is 9.19. The van der Waals surface area contributed by atoms with Gasteiger partial charge in [0.05, 0.1) is 0 Å². The van der Waals surface area contributed by atoms with Crippen LogP contribution < -0.4 is 11.7 Å². The molecule has 5 nitrogen and oxygen atoms in total. The van der Waals surface area contributed by atoms with E-state index in [-0.39, 0.29) is 6.03 Å². The standard InChI is InChI=1S/C5H14N4O/c1-3-8(6)5(10)9(7)4-2/h3-4,6-7H2,1-2H3. The molecule has 0 aliphatic heterocycles. The molecule has 5 heteroatoms. The molecule has 60 valence electrons. The van der Waals surface area contributed by atoms with Gasteiger partial charge in [0.25, 0.3) is 0 Å².